The number of carbonyl (C=O) groups excluding carboxylic acids is 2. The fourth-order valence-electron chi connectivity index (χ4n) is 2.46. The van der Waals surface area contributed by atoms with Crippen LogP contribution in [0.2, 0.25) is 10.0 Å². The van der Waals surface area contributed by atoms with Crippen molar-refractivity contribution in [3.8, 4) is 0 Å². The van der Waals surface area contributed by atoms with Gasteiger partial charge in [-0.3, -0.25) is 9.59 Å². The zero-order valence-corrected chi connectivity index (χ0v) is 14.3. The maximum absolute atomic E-state index is 12.5. The SMILES string of the molecule is O=C(NCc1ccccc1)C1(C(=O)Nc2cc(Cl)ccc2Cl)CC1. The first-order valence-electron chi connectivity index (χ1n) is 7.60. The van der Waals surface area contributed by atoms with E-state index in [0.29, 0.717) is 35.1 Å². The van der Waals surface area contributed by atoms with Crippen molar-refractivity contribution < 1.29 is 9.59 Å². The maximum atomic E-state index is 12.5. The summed E-state index contributed by atoms with van der Waals surface area (Å²) in [6.45, 7) is 0.395. The van der Waals surface area contributed by atoms with Crippen molar-refractivity contribution in [3.63, 3.8) is 0 Å². The molecule has 1 fully saturated rings. The molecule has 0 radical (unpaired) electrons. The van der Waals surface area contributed by atoms with Gasteiger partial charge in [0.05, 0.1) is 10.7 Å². The number of rotatable bonds is 5. The number of anilines is 1. The van der Waals surface area contributed by atoms with Crippen molar-refractivity contribution in [1.29, 1.82) is 0 Å². The van der Waals surface area contributed by atoms with E-state index < -0.39 is 5.41 Å². The van der Waals surface area contributed by atoms with Crippen LogP contribution in [0.5, 0.6) is 0 Å². The standard InChI is InChI=1S/C18H16Cl2N2O2/c19-13-6-7-14(20)15(10-13)22-17(24)18(8-9-18)16(23)21-11-12-4-2-1-3-5-12/h1-7,10H,8-9,11H2,(H,21,23)(H,22,24). The van der Waals surface area contributed by atoms with E-state index in [1.807, 2.05) is 30.3 Å². The molecule has 0 bridgehead atoms. The van der Waals surface area contributed by atoms with Crippen LogP contribution in [0.15, 0.2) is 48.5 Å². The van der Waals surface area contributed by atoms with Crippen molar-refractivity contribution >= 4 is 40.7 Å². The van der Waals surface area contributed by atoms with E-state index in [1.54, 1.807) is 18.2 Å². The molecule has 6 heteroatoms. The largest absolute Gasteiger partial charge is 0.351 e. The van der Waals surface area contributed by atoms with E-state index in [1.165, 1.54) is 0 Å². The van der Waals surface area contributed by atoms with Crippen molar-refractivity contribution in [2.24, 2.45) is 5.41 Å². The van der Waals surface area contributed by atoms with Crippen LogP contribution in [0.25, 0.3) is 0 Å². The highest BCUT2D eigenvalue weighted by Gasteiger charge is 2.56. The van der Waals surface area contributed by atoms with Crippen LogP contribution < -0.4 is 10.6 Å². The first-order valence-corrected chi connectivity index (χ1v) is 8.36. The topological polar surface area (TPSA) is 58.2 Å². The lowest BCUT2D eigenvalue weighted by Gasteiger charge is -2.16. The van der Waals surface area contributed by atoms with Gasteiger partial charge in [0.2, 0.25) is 11.8 Å². The zero-order valence-electron chi connectivity index (χ0n) is 12.8. The Morgan fingerprint density at radius 2 is 1.71 bits per heavy atom. The number of hydrogen-bond donors (Lipinski definition) is 2. The van der Waals surface area contributed by atoms with Crippen LogP contribution in [0.4, 0.5) is 5.69 Å². The van der Waals surface area contributed by atoms with Crippen LogP contribution in [0.1, 0.15) is 18.4 Å². The van der Waals surface area contributed by atoms with Crippen LogP contribution in [0, 0.1) is 5.41 Å². The Hall–Kier alpha value is -2.04. The summed E-state index contributed by atoms with van der Waals surface area (Å²) in [6.07, 6.45) is 1.05. The summed E-state index contributed by atoms with van der Waals surface area (Å²) >= 11 is 12.0. The van der Waals surface area contributed by atoms with E-state index in [-0.39, 0.29) is 11.8 Å². The zero-order chi connectivity index (χ0) is 17.2. The van der Waals surface area contributed by atoms with Gasteiger partial charge < -0.3 is 10.6 Å². The second-order valence-corrected chi connectivity index (χ2v) is 6.67. The molecule has 124 valence electrons. The summed E-state index contributed by atoms with van der Waals surface area (Å²) in [5, 5.41) is 6.40. The molecule has 4 nitrogen and oxygen atoms in total. The molecular weight excluding hydrogens is 347 g/mol. The van der Waals surface area contributed by atoms with Gasteiger partial charge >= 0.3 is 0 Å². The molecule has 0 aromatic heterocycles. The van der Waals surface area contributed by atoms with Crippen molar-refractivity contribution in [1.82, 2.24) is 5.32 Å². The van der Waals surface area contributed by atoms with Crippen LogP contribution in [-0.4, -0.2) is 11.8 Å². The van der Waals surface area contributed by atoms with E-state index in [9.17, 15) is 9.59 Å². The predicted octanol–water partition coefficient (Wildman–Crippen LogP) is 4.03. The third-order valence-corrected chi connectivity index (χ3v) is 4.66. The number of hydrogen-bond acceptors (Lipinski definition) is 2. The molecule has 0 unspecified atom stereocenters. The van der Waals surface area contributed by atoms with Gasteiger partial charge in [-0.05, 0) is 36.6 Å². The molecule has 0 saturated heterocycles. The molecule has 2 aromatic rings. The lowest BCUT2D eigenvalue weighted by molar-refractivity contribution is -0.134. The maximum Gasteiger partial charge on any atom is 0.240 e. The van der Waals surface area contributed by atoms with E-state index in [0.717, 1.165) is 5.56 Å². The van der Waals surface area contributed by atoms with E-state index in [4.69, 9.17) is 23.2 Å². The fourth-order valence-corrected chi connectivity index (χ4v) is 2.80. The quantitative estimate of drug-likeness (QED) is 0.788. The van der Waals surface area contributed by atoms with Gasteiger partial charge in [0.1, 0.15) is 5.41 Å². The molecule has 1 aliphatic rings. The Morgan fingerprint density at radius 1 is 1.00 bits per heavy atom. The third kappa shape index (κ3) is 3.55. The first-order chi connectivity index (χ1) is 11.5. The van der Waals surface area contributed by atoms with Gasteiger partial charge in [-0.2, -0.15) is 0 Å². The first kappa shape index (κ1) is 16.8. The fraction of sp³-hybridized carbons (Fsp3) is 0.222. The Bertz CT molecular complexity index is 774. The average molecular weight is 363 g/mol. The molecule has 24 heavy (non-hydrogen) atoms. The molecule has 2 aromatic carbocycles. The van der Waals surface area contributed by atoms with Crippen LogP contribution in [0.3, 0.4) is 0 Å². The Labute approximate surface area is 150 Å². The normalized spacial score (nSPS) is 14.8. The molecular formula is C18H16Cl2N2O2. The molecule has 0 aliphatic heterocycles. The number of halogens is 2. The molecule has 2 amide bonds. The number of benzene rings is 2. The summed E-state index contributed by atoms with van der Waals surface area (Å²) < 4.78 is 0. The Morgan fingerprint density at radius 3 is 2.38 bits per heavy atom. The highest BCUT2D eigenvalue weighted by molar-refractivity contribution is 6.36. The smallest absolute Gasteiger partial charge is 0.240 e. The highest BCUT2D eigenvalue weighted by atomic mass is 35.5. The summed E-state index contributed by atoms with van der Waals surface area (Å²) in [6, 6.07) is 14.4. The van der Waals surface area contributed by atoms with E-state index >= 15 is 0 Å². The lowest BCUT2D eigenvalue weighted by atomic mass is 10.0. The average Bonchev–Trinajstić information content (AvgIpc) is 3.39. The van der Waals surface area contributed by atoms with Crippen molar-refractivity contribution in [3.05, 3.63) is 64.1 Å². The molecule has 1 saturated carbocycles. The van der Waals surface area contributed by atoms with Gasteiger partial charge in [-0.1, -0.05) is 53.5 Å². The van der Waals surface area contributed by atoms with Crippen LogP contribution in [-0.2, 0) is 16.1 Å². The summed E-state index contributed by atoms with van der Waals surface area (Å²) in [5.41, 5.74) is 0.386. The molecule has 3 rings (SSSR count). The summed E-state index contributed by atoms with van der Waals surface area (Å²) in [4.78, 5) is 25.0. The minimum Gasteiger partial charge on any atom is -0.351 e. The summed E-state index contributed by atoms with van der Waals surface area (Å²) in [7, 11) is 0. The second-order valence-electron chi connectivity index (χ2n) is 5.83. The van der Waals surface area contributed by atoms with E-state index in [2.05, 4.69) is 10.6 Å². The van der Waals surface area contributed by atoms with Crippen molar-refractivity contribution in [2.45, 2.75) is 19.4 Å². The van der Waals surface area contributed by atoms with Gasteiger partial charge in [0.25, 0.3) is 0 Å². The third-order valence-electron chi connectivity index (χ3n) is 4.09. The monoisotopic (exact) mass is 362 g/mol. The number of carbonyl (C=O) groups is 2. The van der Waals surface area contributed by atoms with Gasteiger partial charge in [-0.25, -0.2) is 0 Å². The van der Waals surface area contributed by atoms with Gasteiger partial charge in [-0.15, -0.1) is 0 Å². The number of nitrogens with one attached hydrogen (secondary N) is 2. The van der Waals surface area contributed by atoms with Gasteiger partial charge in [0.15, 0.2) is 0 Å². The van der Waals surface area contributed by atoms with Gasteiger partial charge in [0, 0.05) is 11.6 Å². The predicted molar refractivity (Wildman–Crippen MR) is 95.0 cm³/mol. The molecule has 0 spiro atoms. The molecule has 1 aliphatic carbocycles. The summed E-state index contributed by atoms with van der Waals surface area (Å²) in [5.74, 6) is -0.612. The highest BCUT2D eigenvalue weighted by Crippen LogP contribution is 2.47. The lowest BCUT2D eigenvalue weighted by Crippen LogP contribution is -2.39. The second kappa shape index (κ2) is 6.83. The minimum absolute atomic E-state index is 0.262. The minimum atomic E-state index is -1.01. The molecule has 2 N–H and O–H groups in total. The molecule has 0 heterocycles. The van der Waals surface area contributed by atoms with Crippen molar-refractivity contribution in [2.75, 3.05) is 5.32 Å². The Kier molecular flexibility index (Phi) is 4.78. The Balaban J connectivity index is 1.65. The van der Waals surface area contributed by atoms with Crippen LogP contribution >= 0.6 is 23.2 Å². The molecule has 0 atom stereocenters. The number of amides is 2.